The van der Waals surface area contributed by atoms with Crippen molar-refractivity contribution in [1.82, 2.24) is 10.3 Å². The van der Waals surface area contributed by atoms with E-state index in [1.165, 1.54) is 0 Å². The number of hydrogen-bond donors (Lipinski definition) is 1. The molecule has 4 nitrogen and oxygen atoms in total. The van der Waals surface area contributed by atoms with Crippen LogP contribution < -0.4 is 10.1 Å². The molecule has 0 saturated heterocycles. The Hall–Kier alpha value is -1.81. The molecule has 16 heavy (non-hydrogen) atoms. The molecule has 0 saturated carbocycles. The number of hydrogen-bond acceptors (Lipinski definition) is 4. The average molecular weight is 218 g/mol. The summed E-state index contributed by atoms with van der Waals surface area (Å²) in [5.74, 6) is 0.638. The van der Waals surface area contributed by atoms with E-state index in [0.29, 0.717) is 5.88 Å². The van der Waals surface area contributed by atoms with E-state index in [1.54, 1.807) is 25.8 Å². The largest absolute Gasteiger partial charge is 0.481 e. The molecular formula is C12H14N2O2. The van der Waals surface area contributed by atoms with Gasteiger partial charge in [0.2, 0.25) is 5.88 Å². The Morgan fingerprint density at radius 3 is 2.75 bits per heavy atom. The third-order valence-electron chi connectivity index (χ3n) is 2.25. The highest BCUT2D eigenvalue weighted by Crippen LogP contribution is 2.06. The third kappa shape index (κ3) is 2.84. The Morgan fingerprint density at radius 1 is 1.25 bits per heavy atom. The van der Waals surface area contributed by atoms with E-state index in [4.69, 9.17) is 9.15 Å². The van der Waals surface area contributed by atoms with Crippen molar-refractivity contribution in [3.63, 3.8) is 0 Å². The van der Waals surface area contributed by atoms with Gasteiger partial charge in [-0.3, -0.25) is 0 Å². The number of methoxy groups -OCH3 is 1. The van der Waals surface area contributed by atoms with Crippen molar-refractivity contribution in [3.8, 4) is 5.88 Å². The molecule has 0 aliphatic heterocycles. The van der Waals surface area contributed by atoms with Crippen LogP contribution in [-0.2, 0) is 13.1 Å². The van der Waals surface area contributed by atoms with Crippen LogP contribution in [0, 0.1) is 0 Å². The smallest absolute Gasteiger partial charge is 0.212 e. The zero-order valence-corrected chi connectivity index (χ0v) is 9.14. The van der Waals surface area contributed by atoms with Gasteiger partial charge in [0.15, 0.2) is 0 Å². The highest BCUT2D eigenvalue weighted by atomic mass is 16.5. The van der Waals surface area contributed by atoms with Crippen LogP contribution in [0.2, 0.25) is 0 Å². The van der Waals surface area contributed by atoms with E-state index >= 15 is 0 Å². The first-order valence-corrected chi connectivity index (χ1v) is 5.09. The summed E-state index contributed by atoms with van der Waals surface area (Å²) in [5, 5.41) is 3.30. The second-order valence-corrected chi connectivity index (χ2v) is 3.44. The second kappa shape index (κ2) is 5.32. The van der Waals surface area contributed by atoms with E-state index in [9.17, 15) is 0 Å². The topological polar surface area (TPSA) is 47.3 Å². The first-order valence-electron chi connectivity index (χ1n) is 5.09. The van der Waals surface area contributed by atoms with E-state index in [0.717, 1.165) is 24.2 Å². The number of furan rings is 1. The number of aromatic nitrogens is 1. The van der Waals surface area contributed by atoms with Crippen LogP contribution in [0.3, 0.4) is 0 Å². The maximum atomic E-state index is 4.99. The molecule has 0 bridgehead atoms. The van der Waals surface area contributed by atoms with Crippen LogP contribution in [0.25, 0.3) is 0 Å². The standard InChI is InChI=1S/C12H14N2O2/c1-15-12-3-2-10(8-14-12)6-13-7-11-4-5-16-9-11/h2-5,8-9,13H,6-7H2,1H3. The van der Waals surface area contributed by atoms with Gasteiger partial charge < -0.3 is 14.5 Å². The summed E-state index contributed by atoms with van der Waals surface area (Å²) in [4.78, 5) is 4.13. The van der Waals surface area contributed by atoms with Crippen LogP contribution in [0.15, 0.2) is 41.3 Å². The minimum atomic E-state index is 0.638. The van der Waals surface area contributed by atoms with Crippen molar-refractivity contribution in [2.45, 2.75) is 13.1 Å². The highest BCUT2D eigenvalue weighted by molar-refractivity contribution is 5.17. The summed E-state index contributed by atoms with van der Waals surface area (Å²) in [6.45, 7) is 1.57. The molecule has 2 aromatic heterocycles. The summed E-state index contributed by atoms with van der Waals surface area (Å²) >= 11 is 0. The highest BCUT2D eigenvalue weighted by Gasteiger charge is 1.96. The fraction of sp³-hybridized carbons (Fsp3) is 0.250. The summed E-state index contributed by atoms with van der Waals surface area (Å²) in [5.41, 5.74) is 2.27. The lowest BCUT2D eigenvalue weighted by Crippen LogP contribution is -2.12. The summed E-state index contributed by atoms with van der Waals surface area (Å²) < 4.78 is 9.97. The molecule has 0 aliphatic carbocycles. The monoisotopic (exact) mass is 218 g/mol. The maximum absolute atomic E-state index is 4.99. The molecule has 0 fully saturated rings. The predicted octanol–water partition coefficient (Wildman–Crippen LogP) is 1.97. The fourth-order valence-electron chi connectivity index (χ4n) is 1.38. The summed E-state index contributed by atoms with van der Waals surface area (Å²) in [6, 6.07) is 5.79. The first-order chi connectivity index (χ1) is 7.88. The van der Waals surface area contributed by atoms with E-state index in [2.05, 4.69) is 10.3 Å². The van der Waals surface area contributed by atoms with Crippen LogP contribution in [-0.4, -0.2) is 12.1 Å². The molecule has 0 amide bonds. The molecule has 4 heteroatoms. The Kier molecular flexibility index (Phi) is 3.56. The van der Waals surface area contributed by atoms with Gasteiger partial charge in [-0.05, 0) is 11.6 Å². The lowest BCUT2D eigenvalue weighted by atomic mass is 10.2. The van der Waals surface area contributed by atoms with Gasteiger partial charge >= 0.3 is 0 Å². The molecule has 2 heterocycles. The number of ether oxygens (including phenoxy) is 1. The normalized spacial score (nSPS) is 10.3. The zero-order valence-electron chi connectivity index (χ0n) is 9.14. The molecule has 0 atom stereocenters. The Balaban J connectivity index is 1.81. The van der Waals surface area contributed by atoms with Crippen molar-refractivity contribution >= 4 is 0 Å². The van der Waals surface area contributed by atoms with Gasteiger partial charge in [-0.15, -0.1) is 0 Å². The number of nitrogens with zero attached hydrogens (tertiary/aromatic N) is 1. The van der Waals surface area contributed by atoms with Gasteiger partial charge in [0.1, 0.15) is 0 Å². The number of nitrogens with one attached hydrogen (secondary N) is 1. The Morgan fingerprint density at radius 2 is 2.12 bits per heavy atom. The minimum Gasteiger partial charge on any atom is -0.481 e. The zero-order chi connectivity index (χ0) is 11.2. The van der Waals surface area contributed by atoms with Gasteiger partial charge in [-0.25, -0.2) is 4.98 Å². The summed E-state index contributed by atoms with van der Waals surface area (Å²) in [7, 11) is 1.61. The van der Waals surface area contributed by atoms with Gasteiger partial charge in [-0.2, -0.15) is 0 Å². The van der Waals surface area contributed by atoms with E-state index in [1.807, 2.05) is 18.2 Å². The molecule has 0 unspecified atom stereocenters. The minimum absolute atomic E-state index is 0.638. The second-order valence-electron chi connectivity index (χ2n) is 3.44. The van der Waals surface area contributed by atoms with Crippen molar-refractivity contribution in [1.29, 1.82) is 0 Å². The third-order valence-corrected chi connectivity index (χ3v) is 2.25. The molecule has 2 aromatic rings. The lowest BCUT2D eigenvalue weighted by Gasteiger charge is -2.03. The molecule has 0 aromatic carbocycles. The van der Waals surface area contributed by atoms with Gasteiger partial charge in [0, 0.05) is 30.9 Å². The average Bonchev–Trinajstić information content (AvgIpc) is 2.83. The van der Waals surface area contributed by atoms with Gasteiger partial charge in [0.05, 0.1) is 19.6 Å². The Labute approximate surface area is 94.3 Å². The maximum Gasteiger partial charge on any atom is 0.212 e. The predicted molar refractivity (Wildman–Crippen MR) is 60.0 cm³/mol. The number of rotatable bonds is 5. The molecule has 0 spiro atoms. The Bertz CT molecular complexity index is 409. The fourth-order valence-corrected chi connectivity index (χ4v) is 1.38. The van der Waals surface area contributed by atoms with Crippen molar-refractivity contribution in [2.24, 2.45) is 0 Å². The van der Waals surface area contributed by atoms with Crippen LogP contribution in [0.4, 0.5) is 0 Å². The first kappa shape index (κ1) is 10.7. The van der Waals surface area contributed by atoms with Crippen molar-refractivity contribution in [2.75, 3.05) is 7.11 Å². The van der Waals surface area contributed by atoms with Crippen LogP contribution in [0.5, 0.6) is 5.88 Å². The SMILES string of the molecule is COc1ccc(CNCc2ccoc2)cn1. The molecule has 1 N–H and O–H groups in total. The number of pyridine rings is 1. The van der Waals surface area contributed by atoms with Gasteiger partial charge in [0.25, 0.3) is 0 Å². The van der Waals surface area contributed by atoms with Crippen molar-refractivity contribution < 1.29 is 9.15 Å². The van der Waals surface area contributed by atoms with E-state index < -0.39 is 0 Å². The van der Waals surface area contributed by atoms with Crippen molar-refractivity contribution in [3.05, 3.63) is 48.0 Å². The van der Waals surface area contributed by atoms with Crippen LogP contribution >= 0.6 is 0 Å². The summed E-state index contributed by atoms with van der Waals surface area (Å²) in [6.07, 6.45) is 5.21. The van der Waals surface area contributed by atoms with Crippen LogP contribution in [0.1, 0.15) is 11.1 Å². The molecule has 0 aliphatic rings. The quantitative estimate of drug-likeness (QED) is 0.833. The van der Waals surface area contributed by atoms with Gasteiger partial charge in [-0.1, -0.05) is 6.07 Å². The molecule has 0 radical (unpaired) electrons. The van der Waals surface area contributed by atoms with E-state index in [-0.39, 0.29) is 0 Å². The lowest BCUT2D eigenvalue weighted by molar-refractivity contribution is 0.397. The molecular weight excluding hydrogens is 204 g/mol. The molecule has 84 valence electrons. The molecule has 2 rings (SSSR count).